The molecule has 150 valence electrons. The predicted molar refractivity (Wildman–Crippen MR) is 104 cm³/mol. The van der Waals surface area contributed by atoms with Gasteiger partial charge in [-0.15, -0.1) is 0 Å². The van der Waals surface area contributed by atoms with Gasteiger partial charge in [-0.2, -0.15) is 13.2 Å². The van der Waals surface area contributed by atoms with E-state index in [1.165, 1.54) is 7.11 Å². The number of carbonyl (C=O) groups is 1. The van der Waals surface area contributed by atoms with Gasteiger partial charge in [-0.1, -0.05) is 24.3 Å². The van der Waals surface area contributed by atoms with E-state index in [1.54, 1.807) is 18.3 Å². The summed E-state index contributed by atoms with van der Waals surface area (Å²) in [5.41, 5.74) is 8.36. The number of methoxy groups -OCH3 is 1. The molecule has 0 saturated heterocycles. The fourth-order valence-electron chi connectivity index (χ4n) is 3.78. The number of amides is 1. The smallest absolute Gasteiger partial charge is 0.406 e. The van der Waals surface area contributed by atoms with E-state index in [-0.39, 0.29) is 17.9 Å². The van der Waals surface area contributed by atoms with Gasteiger partial charge in [0.15, 0.2) is 0 Å². The van der Waals surface area contributed by atoms with Gasteiger partial charge in [-0.3, -0.25) is 4.79 Å². The highest BCUT2D eigenvalue weighted by Crippen LogP contribution is 2.39. The molecule has 29 heavy (non-hydrogen) atoms. The lowest BCUT2D eigenvalue weighted by atomic mass is 9.91. The number of hydrogen-bond acceptors (Lipinski definition) is 4. The Balaban J connectivity index is 1.85. The van der Waals surface area contributed by atoms with Gasteiger partial charge in [-0.05, 0) is 35.1 Å². The van der Waals surface area contributed by atoms with E-state index in [0.29, 0.717) is 28.9 Å². The van der Waals surface area contributed by atoms with Gasteiger partial charge in [-0.25, -0.2) is 4.98 Å². The van der Waals surface area contributed by atoms with Crippen LogP contribution in [0, 0.1) is 0 Å². The molecule has 0 bridgehead atoms. The van der Waals surface area contributed by atoms with Crippen LogP contribution in [0.3, 0.4) is 0 Å². The summed E-state index contributed by atoms with van der Waals surface area (Å²) in [6, 6.07) is 11.0. The van der Waals surface area contributed by atoms with Gasteiger partial charge in [0, 0.05) is 23.7 Å². The largest absolute Gasteiger partial charge is 0.496 e. The third-order valence-electron chi connectivity index (χ3n) is 5.04. The molecule has 1 aliphatic rings. The fourth-order valence-corrected chi connectivity index (χ4v) is 3.78. The Morgan fingerprint density at radius 3 is 2.69 bits per heavy atom. The van der Waals surface area contributed by atoms with Crippen LogP contribution < -0.4 is 10.5 Å². The summed E-state index contributed by atoms with van der Waals surface area (Å²) < 4.78 is 43.8. The number of rotatable bonds is 3. The number of ether oxygens (including phenoxy) is 1. The molecule has 0 fully saturated rings. The summed E-state index contributed by atoms with van der Waals surface area (Å²) in [6.07, 6.45) is -2.48. The lowest BCUT2D eigenvalue weighted by Gasteiger charge is -2.30. The number of carbonyl (C=O) groups excluding carboxylic acids is 1. The topological polar surface area (TPSA) is 68.5 Å². The molecule has 0 spiro atoms. The number of halogens is 3. The van der Waals surface area contributed by atoms with Gasteiger partial charge in [0.1, 0.15) is 18.1 Å². The van der Waals surface area contributed by atoms with E-state index in [9.17, 15) is 18.0 Å². The summed E-state index contributed by atoms with van der Waals surface area (Å²) in [5.74, 6) is -0.135. The maximum atomic E-state index is 12.8. The van der Waals surface area contributed by atoms with E-state index >= 15 is 0 Å². The van der Waals surface area contributed by atoms with Gasteiger partial charge in [0.05, 0.1) is 12.7 Å². The molecule has 0 radical (unpaired) electrons. The number of alkyl halides is 3. The van der Waals surface area contributed by atoms with Crippen molar-refractivity contribution in [2.75, 3.05) is 25.9 Å². The molecule has 2 aromatic carbocycles. The zero-order valence-electron chi connectivity index (χ0n) is 15.6. The number of nitrogens with zero attached hydrogens (tertiary/aromatic N) is 2. The zero-order chi connectivity index (χ0) is 20.8. The quantitative estimate of drug-likeness (QED) is 0.719. The Morgan fingerprint density at radius 2 is 1.97 bits per heavy atom. The standard InChI is InChI=1S/C21H18F3N3O2/c1-29-16-9-14(17-15-5-3-2-4-13(15)10-26-19(17)25)8-12-6-7-27(11-21(22,23)24)20(28)18(12)16/h2-5,8-10H,6-7,11H2,1H3,(H2,25,26). The molecular weight excluding hydrogens is 383 g/mol. The Kier molecular flexibility index (Phi) is 4.56. The normalized spacial score (nSPS) is 14.2. The second kappa shape index (κ2) is 6.95. The summed E-state index contributed by atoms with van der Waals surface area (Å²) in [6.45, 7) is -1.29. The van der Waals surface area contributed by atoms with Crippen molar-refractivity contribution in [1.29, 1.82) is 0 Å². The second-order valence-electron chi connectivity index (χ2n) is 6.91. The average molecular weight is 401 g/mol. The summed E-state index contributed by atoms with van der Waals surface area (Å²) in [5, 5.41) is 1.80. The maximum absolute atomic E-state index is 12.8. The van der Waals surface area contributed by atoms with Crippen LogP contribution in [-0.4, -0.2) is 42.2 Å². The van der Waals surface area contributed by atoms with Crippen LogP contribution in [-0.2, 0) is 6.42 Å². The third kappa shape index (κ3) is 3.46. The van der Waals surface area contributed by atoms with E-state index in [4.69, 9.17) is 10.5 Å². The second-order valence-corrected chi connectivity index (χ2v) is 6.91. The molecule has 4 rings (SSSR count). The van der Waals surface area contributed by atoms with Gasteiger partial charge < -0.3 is 15.4 Å². The number of hydrogen-bond donors (Lipinski definition) is 1. The first-order chi connectivity index (χ1) is 13.8. The number of nitrogen functional groups attached to an aromatic ring is 1. The Bertz CT molecular complexity index is 1100. The highest BCUT2D eigenvalue weighted by molar-refractivity contribution is 6.04. The third-order valence-corrected chi connectivity index (χ3v) is 5.04. The lowest BCUT2D eigenvalue weighted by Crippen LogP contribution is -2.43. The van der Waals surface area contributed by atoms with Crippen LogP contribution >= 0.6 is 0 Å². The zero-order valence-corrected chi connectivity index (χ0v) is 15.6. The van der Waals surface area contributed by atoms with Crippen molar-refractivity contribution in [3.63, 3.8) is 0 Å². The van der Waals surface area contributed by atoms with E-state index in [2.05, 4.69) is 4.98 Å². The van der Waals surface area contributed by atoms with E-state index in [0.717, 1.165) is 15.7 Å². The minimum absolute atomic E-state index is 0.0127. The van der Waals surface area contributed by atoms with Crippen molar-refractivity contribution in [3.05, 3.63) is 53.7 Å². The first-order valence-corrected chi connectivity index (χ1v) is 8.99. The minimum atomic E-state index is -4.45. The summed E-state index contributed by atoms with van der Waals surface area (Å²) >= 11 is 0. The van der Waals surface area contributed by atoms with Crippen molar-refractivity contribution < 1.29 is 22.7 Å². The summed E-state index contributed by atoms with van der Waals surface area (Å²) in [4.78, 5) is 17.8. The van der Waals surface area contributed by atoms with Gasteiger partial charge in [0.2, 0.25) is 0 Å². The molecule has 3 aromatic rings. The van der Waals surface area contributed by atoms with Crippen molar-refractivity contribution in [1.82, 2.24) is 9.88 Å². The SMILES string of the molecule is COc1cc(-c2c(N)ncc3ccccc23)cc2c1C(=O)N(CC(F)(F)F)CC2. The van der Waals surface area contributed by atoms with Crippen LogP contribution in [0.25, 0.3) is 21.9 Å². The molecule has 0 unspecified atom stereocenters. The molecule has 8 heteroatoms. The predicted octanol–water partition coefficient (Wildman–Crippen LogP) is 4.05. The summed E-state index contributed by atoms with van der Waals surface area (Å²) in [7, 11) is 1.39. The van der Waals surface area contributed by atoms with Crippen molar-refractivity contribution in [2.45, 2.75) is 12.6 Å². The molecule has 0 atom stereocenters. The molecule has 1 amide bonds. The van der Waals surface area contributed by atoms with E-state index in [1.807, 2.05) is 24.3 Å². The first kappa shape index (κ1) is 19.0. The number of pyridine rings is 1. The molecule has 0 saturated carbocycles. The molecule has 1 aliphatic heterocycles. The van der Waals surface area contributed by atoms with Crippen LogP contribution in [0.4, 0.5) is 19.0 Å². The van der Waals surface area contributed by atoms with Crippen LogP contribution in [0.2, 0.25) is 0 Å². The number of fused-ring (bicyclic) bond motifs is 2. The number of anilines is 1. The van der Waals surface area contributed by atoms with Crippen molar-refractivity contribution >= 4 is 22.5 Å². The fraction of sp³-hybridized carbons (Fsp3) is 0.238. The monoisotopic (exact) mass is 401 g/mol. The van der Waals surface area contributed by atoms with E-state index < -0.39 is 18.6 Å². The van der Waals surface area contributed by atoms with Crippen molar-refractivity contribution in [3.8, 4) is 16.9 Å². The Hall–Kier alpha value is -3.29. The van der Waals surface area contributed by atoms with Gasteiger partial charge in [0.25, 0.3) is 5.91 Å². The highest BCUT2D eigenvalue weighted by Gasteiger charge is 2.37. The first-order valence-electron chi connectivity index (χ1n) is 8.99. The number of aromatic nitrogens is 1. The Morgan fingerprint density at radius 1 is 1.21 bits per heavy atom. The van der Waals surface area contributed by atoms with Crippen LogP contribution in [0.15, 0.2) is 42.6 Å². The maximum Gasteiger partial charge on any atom is 0.406 e. The number of nitrogens with two attached hydrogens (primary N) is 1. The molecule has 2 heterocycles. The van der Waals surface area contributed by atoms with Crippen LogP contribution in [0.5, 0.6) is 5.75 Å². The Labute approximate surface area is 164 Å². The van der Waals surface area contributed by atoms with Gasteiger partial charge >= 0.3 is 6.18 Å². The molecule has 0 aliphatic carbocycles. The number of benzene rings is 2. The molecular formula is C21H18F3N3O2. The minimum Gasteiger partial charge on any atom is -0.496 e. The lowest BCUT2D eigenvalue weighted by molar-refractivity contribution is -0.141. The van der Waals surface area contributed by atoms with Crippen molar-refractivity contribution in [2.24, 2.45) is 0 Å². The van der Waals surface area contributed by atoms with Crippen LogP contribution in [0.1, 0.15) is 15.9 Å². The molecule has 1 aromatic heterocycles. The average Bonchev–Trinajstić information content (AvgIpc) is 2.68. The highest BCUT2D eigenvalue weighted by atomic mass is 19.4. The molecule has 2 N–H and O–H groups in total. The molecule has 5 nitrogen and oxygen atoms in total.